The molecule has 3 N–H and O–H groups in total. The highest BCUT2D eigenvalue weighted by atomic mass is 16.5. The summed E-state index contributed by atoms with van der Waals surface area (Å²) in [5, 5.41) is 16.5. The first-order valence-corrected chi connectivity index (χ1v) is 6.37. The SMILES string of the molecule is CCNC(=NCC(C)(O)c1ccco1)NCCOC. The Morgan fingerprint density at radius 1 is 1.53 bits per heavy atom. The zero-order chi connectivity index (χ0) is 14.1. The number of aliphatic imine (C=N–C) groups is 1. The zero-order valence-corrected chi connectivity index (χ0v) is 11.8. The van der Waals surface area contributed by atoms with Crippen molar-refractivity contribution in [3.63, 3.8) is 0 Å². The van der Waals surface area contributed by atoms with E-state index < -0.39 is 5.60 Å². The van der Waals surface area contributed by atoms with Gasteiger partial charge in [0.05, 0.1) is 19.4 Å². The third-order valence-electron chi connectivity index (χ3n) is 2.54. The van der Waals surface area contributed by atoms with Crippen LogP contribution in [-0.4, -0.2) is 44.4 Å². The molecule has 1 aromatic rings. The third kappa shape index (κ3) is 5.32. The normalized spacial score (nSPS) is 15.1. The predicted octanol–water partition coefficient (Wildman–Crippen LogP) is 0.689. The molecule has 6 nitrogen and oxygen atoms in total. The minimum absolute atomic E-state index is 0.211. The Hall–Kier alpha value is -1.53. The van der Waals surface area contributed by atoms with Gasteiger partial charge >= 0.3 is 0 Å². The monoisotopic (exact) mass is 269 g/mol. The second-order valence-corrected chi connectivity index (χ2v) is 4.37. The summed E-state index contributed by atoms with van der Waals surface area (Å²) >= 11 is 0. The molecule has 1 rings (SSSR count). The minimum Gasteiger partial charge on any atom is -0.466 e. The summed E-state index contributed by atoms with van der Waals surface area (Å²) in [4.78, 5) is 4.34. The maximum absolute atomic E-state index is 10.3. The number of rotatable bonds is 7. The number of hydrogen-bond acceptors (Lipinski definition) is 4. The van der Waals surface area contributed by atoms with Crippen molar-refractivity contribution in [2.24, 2.45) is 4.99 Å². The van der Waals surface area contributed by atoms with Crippen LogP contribution in [0.15, 0.2) is 27.8 Å². The van der Waals surface area contributed by atoms with Crippen LogP contribution in [-0.2, 0) is 10.3 Å². The molecule has 0 aliphatic carbocycles. The lowest BCUT2D eigenvalue weighted by atomic mass is 10.0. The molecule has 108 valence electrons. The lowest BCUT2D eigenvalue weighted by Gasteiger charge is -2.19. The van der Waals surface area contributed by atoms with E-state index in [0.717, 1.165) is 6.54 Å². The molecule has 0 amide bonds. The van der Waals surface area contributed by atoms with Crippen molar-refractivity contribution >= 4 is 5.96 Å². The summed E-state index contributed by atoms with van der Waals surface area (Å²) < 4.78 is 10.2. The summed E-state index contributed by atoms with van der Waals surface area (Å²) in [6, 6.07) is 3.48. The molecule has 0 fully saturated rings. The van der Waals surface area contributed by atoms with Gasteiger partial charge in [0.2, 0.25) is 0 Å². The highest BCUT2D eigenvalue weighted by Gasteiger charge is 2.25. The van der Waals surface area contributed by atoms with Gasteiger partial charge in [0.15, 0.2) is 5.96 Å². The van der Waals surface area contributed by atoms with Crippen molar-refractivity contribution in [3.8, 4) is 0 Å². The van der Waals surface area contributed by atoms with Gasteiger partial charge in [0, 0.05) is 20.2 Å². The van der Waals surface area contributed by atoms with E-state index in [1.807, 2.05) is 6.92 Å². The van der Waals surface area contributed by atoms with Gasteiger partial charge in [0.1, 0.15) is 11.4 Å². The Labute approximate surface area is 113 Å². The topological polar surface area (TPSA) is 79.0 Å². The van der Waals surface area contributed by atoms with Crippen molar-refractivity contribution in [1.82, 2.24) is 10.6 Å². The molecule has 1 aromatic heterocycles. The third-order valence-corrected chi connectivity index (χ3v) is 2.54. The molecule has 19 heavy (non-hydrogen) atoms. The lowest BCUT2D eigenvalue weighted by molar-refractivity contribution is 0.0437. The van der Waals surface area contributed by atoms with Gasteiger partial charge in [-0.3, -0.25) is 0 Å². The van der Waals surface area contributed by atoms with Crippen LogP contribution in [0.5, 0.6) is 0 Å². The van der Waals surface area contributed by atoms with E-state index in [2.05, 4.69) is 15.6 Å². The quantitative estimate of drug-likeness (QED) is 0.385. The number of methoxy groups -OCH3 is 1. The fourth-order valence-corrected chi connectivity index (χ4v) is 1.51. The van der Waals surface area contributed by atoms with E-state index in [1.165, 1.54) is 6.26 Å². The van der Waals surface area contributed by atoms with Gasteiger partial charge in [-0.2, -0.15) is 0 Å². The number of furan rings is 1. The average Bonchev–Trinajstić information content (AvgIpc) is 2.91. The van der Waals surface area contributed by atoms with Crippen LogP contribution in [0.3, 0.4) is 0 Å². The first kappa shape index (κ1) is 15.5. The first-order valence-electron chi connectivity index (χ1n) is 6.37. The number of nitrogens with zero attached hydrogens (tertiary/aromatic N) is 1. The van der Waals surface area contributed by atoms with Gasteiger partial charge in [-0.05, 0) is 26.0 Å². The van der Waals surface area contributed by atoms with Crippen molar-refractivity contribution in [3.05, 3.63) is 24.2 Å². The first-order chi connectivity index (χ1) is 9.10. The standard InChI is InChI=1S/C13H23N3O3/c1-4-14-12(15-7-9-18-3)16-10-13(2,17)11-6-5-8-19-11/h5-6,8,17H,4,7,9-10H2,1-3H3,(H2,14,15,16). The molecule has 1 atom stereocenters. The van der Waals surface area contributed by atoms with Gasteiger partial charge in [-0.15, -0.1) is 0 Å². The molecule has 0 aliphatic rings. The highest BCUT2D eigenvalue weighted by Crippen LogP contribution is 2.20. The molecule has 0 radical (unpaired) electrons. The van der Waals surface area contributed by atoms with Crippen LogP contribution < -0.4 is 10.6 Å². The largest absolute Gasteiger partial charge is 0.466 e. The van der Waals surface area contributed by atoms with Crippen LogP contribution >= 0.6 is 0 Å². The molecule has 0 bridgehead atoms. The minimum atomic E-state index is -1.12. The summed E-state index contributed by atoms with van der Waals surface area (Å²) in [5.41, 5.74) is -1.12. The molecule has 1 unspecified atom stereocenters. The molecular weight excluding hydrogens is 246 g/mol. The number of ether oxygens (including phenoxy) is 1. The average molecular weight is 269 g/mol. The highest BCUT2D eigenvalue weighted by molar-refractivity contribution is 5.79. The van der Waals surface area contributed by atoms with Crippen LogP contribution in [0, 0.1) is 0 Å². The molecule has 0 aliphatic heterocycles. The van der Waals surface area contributed by atoms with E-state index in [-0.39, 0.29) is 6.54 Å². The van der Waals surface area contributed by atoms with Gasteiger partial charge in [-0.1, -0.05) is 0 Å². The molecule has 0 saturated heterocycles. The van der Waals surface area contributed by atoms with E-state index in [9.17, 15) is 5.11 Å². The van der Waals surface area contributed by atoms with Crippen LogP contribution in [0.25, 0.3) is 0 Å². The van der Waals surface area contributed by atoms with Crippen molar-refractivity contribution in [2.75, 3.05) is 33.4 Å². The number of aliphatic hydroxyl groups is 1. The second-order valence-electron chi connectivity index (χ2n) is 4.37. The van der Waals surface area contributed by atoms with Crippen LogP contribution in [0.2, 0.25) is 0 Å². The maximum Gasteiger partial charge on any atom is 0.191 e. The van der Waals surface area contributed by atoms with Gasteiger partial charge < -0.3 is 24.9 Å². The van der Waals surface area contributed by atoms with Gasteiger partial charge in [-0.25, -0.2) is 4.99 Å². The molecular formula is C13H23N3O3. The Kier molecular flexibility index (Phi) is 6.38. The van der Waals surface area contributed by atoms with E-state index in [0.29, 0.717) is 24.9 Å². The zero-order valence-electron chi connectivity index (χ0n) is 11.8. The van der Waals surface area contributed by atoms with E-state index in [4.69, 9.17) is 9.15 Å². The summed E-state index contributed by atoms with van der Waals surface area (Å²) in [6.07, 6.45) is 1.54. The molecule has 1 heterocycles. The summed E-state index contributed by atoms with van der Waals surface area (Å²) in [7, 11) is 1.65. The number of nitrogens with one attached hydrogen (secondary N) is 2. The fraction of sp³-hybridized carbons (Fsp3) is 0.615. The van der Waals surface area contributed by atoms with Crippen LogP contribution in [0.1, 0.15) is 19.6 Å². The van der Waals surface area contributed by atoms with Crippen LogP contribution in [0.4, 0.5) is 0 Å². The molecule has 0 spiro atoms. The van der Waals surface area contributed by atoms with Crippen molar-refractivity contribution in [2.45, 2.75) is 19.4 Å². The molecule has 6 heteroatoms. The molecule has 0 aromatic carbocycles. The fourth-order valence-electron chi connectivity index (χ4n) is 1.51. The Morgan fingerprint density at radius 3 is 2.89 bits per heavy atom. The Bertz CT molecular complexity index is 374. The van der Waals surface area contributed by atoms with Crippen molar-refractivity contribution in [1.29, 1.82) is 0 Å². The second kappa shape index (κ2) is 7.81. The maximum atomic E-state index is 10.3. The van der Waals surface area contributed by atoms with Gasteiger partial charge in [0.25, 0.3) is 0 Å². The summed E-state index contributed by atoms with van der Waals surface area (Å²) in [6.45, 7) is 5.88. The molecule has 0 saturated carbocycles. The smallest absolute Gasteiger partial charge is 0.191 e. The van der Waals surface area contributed by atoms with Crippen molar-refractivity contribution < 1.29 is 14.3 Å². The number of guanidine groups is 1. The number of hydrogen-bond donors (Lipinski definition) is 3. The predicted molar refractivity (Wildman–Crippen MR) is 74.1 cm³/mol. The Morgan fingerprint density at radius 2 is 2.32 bits per heavy atom. The lowest BCUT2D eigenvalue weighted by Crippen LogP contribution is -2.40. The summed E-state index contributed by atoms with van der Waals surface area (Å²) in [5.74, 6) is 1.15. The van der Waals surface area contributed by atoms with E-state index in [1.54, 1.807) is 26.2 Å². The Balaban J connectivity index is 2.58. The van der Waals surface area contributed by atoms with E-state index >= 15 is 0 Å².